The van der Waals surface area contributed by atoms with Crippen molar-refractivity contribution in [2.75, 3.05) is 17.9 Å². The highest BCUT2D eigenvalue weighted by molar-refractivity contribution is 5.62. The number of hydrogen-bond acceptors (Lipinski definition) is 4. The molecule has 0 radical (unpaired) electrons. The van der Waals surface area contributed by atoms with Gasteiger partial charge < -0.3 is 5.73 Å². The molecule has 0 aliphatic carbocycles. The summed E-state index contributed by atoms with van der Waals surface area (Å²) in [6, 6.07) is 5.79. The molecule has 0 fully saturated rings. The van der Waals surface area contributed by atoms with E-state index in [1.165, 1.54) is 5.56 Å². The van der Waals surface area contributed by atoms with E-state index in [0.29, 0.717) is 0 Å². The third-order valence-electron chi connectivity index (χ3n) is 2.12. The molecular formula is C8H12N4. The number of hydrazine groups is 2. The number of nitrogens with zero attached hydrogens (tertiary/aromatic N) is 2. The van der Waals surface area contributed by atoms with Crippen LogP contribution in [0.4, 0.5) is 11.4 Å². The van der Waals surface area contributed by atoms with Crippen LogP contribution in [0.3, 0.4) is 0 Å². The molecule has 64 valence electrons. The van der Waals surface area contributed by atoms with E-state index in [1.54, 1.807) is 5.12 Å². The molecular weight excluding hydrogens is 152 g/mol. The van der Waals surface area contributed by atoms with Crippen LogP contribution in [0.15, 0.2) is 18.2 Å². The summed E-state index contributed by atoms with van der Waals surface area (Å²) in [5, 5.41) is 3.55. The molecule has 2 rings (SSSR count). The average molecular weight is 164 g/mol. The number of fused-ring (bicyclic) bond motifs is 1. The number of benzene rings is 1. The van der Waals surface area contributed by atoms with Gasteiger partial charge >= 0.3 is 0 Å². The van der Waals surface area contributed by atoms with Crippen molar-refractivity contribution in [3.8, 4) is 0 Å². The summed E-state index contributed by atoms with van der Waals surface area (Å²) in [7, 11) is 1.94. The third-order valence-corrected chi connectivity index (χ3v) is 2.12. The molecule has 0 bridgehead atoms. The van der Waals surface area contributed by atoms with Crippen molar-refractivity contribution in [2.24, 2.45) is 5.84 Å². The van der Waals surface area contributed by atoms with Gasteiger partial charge in [-0.3, -0.25) is 0 Å². The summed E-state index contributed by atoms with van der Waals surface area (Å²) in [6.07, 6.45) is 0. The van der Waals surface area contributed by atoms with Crippen molar-refractivity contribution < 1.29 is 0 Å². The van der Waals surface area contributed by atoms with Gasteiger partial charge in [0.1, 0.15) is 0 Å². The maximum Gasteiger partial charge on any atom is 0.0768 e. The van der Waals surface area contributed by atoms with Gasteiger partial charge in [-0.2, -0.15) is 0 Å². The Labute approximate surface area is 71.3 Å². The molecule has 4 heteroatoms. The minimum absolute atomic E-state index is 0.750. The second-order valence-electron chi connectivity index (χ2n) is 3.05. The second-order valence-corrected chi connectivity index (χ2v) is 3.05. The van der Waals surface area contributed by atoms with E-state index in [0.717, 1.165) is 17.9 Å². The fourth-order valence-electron chi connectivity index (χ4n) is 1.43. The predicted octanol–water partition coefficient (Wildman–Crippen LogP) is 0.309. The highest BCUT2D eigenvalue weighted by atomic mass is 15.8. The van der Waals surface area contributed by atoms with E-state index in [-0.39, 0.29) is 0 Å². The van der Waals surface area contributed by atoms with Crippen molar-refractivity contribution in [3.05, 3.63) is 23.8 Å². The Balaban J connectivity index is 2.48. The highest BCUT2D eigenvalue weighted by Gasteiger charge is 2.21. The molecule has 1 aromatic carbocycles. The van der Waals surface area contributed by atoms with Crippen LogP contribution in [-0.2, 0) is 6.54 Å². The fraction of sp³-hybridized carbons (Fsp3) is 0.250. The lowest BCUT2D eigenvalue weighted by atomic mass is 10.2. The monoisotopic (exact) mass is 164 g/mol. The Bertz CT molecular complexity index is 310. The zero-order valence-corrected chi connectivity index (χ0v) is 6.99. The number of rotatable bonds is 0. The molecule has 0 atom stereocenters. The Morgan fingerprint density at radius 2 is 2.17 bits per heavy atom. The van der Waals surface area contributed by atoms with Crippen molar-refractivity contribution in [1.29, 1.82) is 0 Å². The smallest absolute Gasteiger partial charge is 0.0768 e. The largest absolute Gasteiger partial charge is 0.399 e. The molecule has 4 N–H and O–H groups in total. The normalized spacial score (nSPS) is 16.7. The van der Waals surface area contributed by atoms with Crippen molar-refractivity contribution in [1.82, 2.24) is 5.01 Å². The van der Waals surface area contributed by atoms with Gasteiger partial charge in [-0.1, -0.05) is 6.07 Å². The number of nitrogens with two attached hydrogens (primary N) is 2. The van der Waals surface area contributed by atoms with Gasteiger partial charge in [0.25, 0.3) is 0 Å². The summed E-state index contributed by atoms with van der Waals surface area (Å²) in [6.45, 7) is 0.853. The summed E-state index contributed by atoms with van der Waals surface area (Å²) in [5.74, 6) is 5.76. The lowest BCUT2D eigenvalue weighted by Crippen LogP contribution is -2.40. The van der Waals surface area contributed by atoms with Crippen LogP contribution in [0, 0.1) is 0 Å². The molecule has 1 aliphatic heterocycles. The van der Waals surface area contributed by atoms with Crippen LogP contribution in [-0.4, -0.2) is 12.1 Å². The summed E-state index contributed by atoms with van der Waals surface area (Å²) in [4.78, 5) is 0. The van der Waals surface area contributed by atoms with Crippen molar-refractivity contribution in [3.63, 3.8) is 0 Å². The van der Waals surface area contributed by atoms with Crippen LogP contribution in [0.25, 0.3) is 0 Å². The van der Waals surface area contributed by atoms with Crippen molar-refractivity contribution >= 4 is 11.4 Å². The van der Waals surface area contributed by atoms with E-state index in [1.807, 2.05) is 30.3 Å². The van der Waals surface area contributed by atoms with E-state index in [9.17, 15) is 0 Å². The minimum atomic E-state index is 0.750. The van der Waals surface area contributed by atoms with Gasteiger partial charge in [0, 0.05) is 19.3 Å². The first kappa shape index (κ1) is 7.39. The van der Waals surface area contributed by atoms with E-state index >= 15 is 0 Å². The third kappa shape index (κ3) is 0.929. The first-order valence-electron chi connectivity index (χ1n) is 3.83. The van der Waals surface area contributed by atoms with Gasteiger partial charge in [-0.25, -0.2) is 16.0 Å². The number of nitrogen functional groups attached to an aromatic ring is 1. The van der Waals surface area contributed by atoms with E-state index in [2.05, 4.69) is 0 Å². The standard InChI is InChI=1S/C8H12N4/c1-11-5-6-2-3-7(9)4-8(6)12(11)10/h2-4H,5,9-10H2,1H3. The fourth-order valence-corrected chi connectivity index (χ4v) is 1.43. The lowest BCUT2D eigenvalue weighted by molar-refractivity contribution is 0.327. The van der Waals surface area contributed by atoms with Crippen LogP contribution < -0.4 is 16.7 Å². The zero-order chi connectivity index (χ0) is 8.72. The summed E-state index contributed by atoms with van der Waals surface area (Å²) < 4.78 is 0. The topological polar surface area (TPSA) is 58.5 Å². The molecule has 0 aromatic heterocycles. The van der Waals surface area contributed by atoms with Gasteiger partial charge in [-0.05, 0) is 17.7 Å². The van der Waals surface area contributed by atoms with Crippen LogP contribution in [0.5, 0.6) is 0 Å². The molecule has 0 saturated carbocycles. The molecule has 4 nitrogen and oxygen atoms in total. The summed E-state index contributed by atoms with van der Waals surface area (Å²) in [5.41, 5.74) is 8.60. The Kier molecular flexibility index (Phi) is 1.46. The van der Waals surface area contributed by atoms with Gasteiger partial charge in [0.15, 0.2) is 0 Å². The first-order chi connectivity index (χ1) is 5.68. The van der Waals surface area contributed by atoms with Gasteiger partial charge in [-0.15, -0.1) is 0 Å². The average Bonchev–Trinajstić information content (AvgIpc) is 2.31. The van der Waals surface area contributed by atoms with Gasteiger partial charge in [0.05, 0.1) is 5.69 Å². The second kappa shape index (κ2) is 2.36. The SMILES string of the molecule is CN1Cc2ccc(N)cc2N1N. The van der Waals surface area contributed by atoms with Gasteiger partial charge in [0.2, 0.25) is 0 Å². The molecule has 1 heterocycles. The number of hydrogen-bond donors (Lipinski definition) is 2. The Morgan fingerprint density at radius 1 is 1.42 bits per heavy atom. The minimum Gasteiger partial charge on any atom is -0.399 e. The van der Waals surface area contributed by atoms with Crippen LogP contribution >= 0.6 is 0 Å². The van der Waals surface area contributed by atoms with Crippen LogP contribution in [0.2, 0.25) is 0 Å². The molecule has 0 amide bonds. The maximum atomic E-state index is 5.76. The van der Waals surface area contributed by atoms with Crippen molar-refractivity contribution in [2.45, 2.75) is 6.54 Å². The number of anilines is 2. The lowest BCUT2D eigenvalue weighted by Gasteiger charge is -2.20. The Hall–Kier alpha value is -1.26. The quantitative estimate of drug-likeness (QED) is 0.428. The predicted molar refractivity (Wildman–Crippen MR) is 49.0 cm³/mol. The zero-order valence-electron chi connectivity index (χ0n) is 6.99. The Morgan fingerprint density at radius 3 is 2.92 bits per heavy atom. The molecule has 12 heavy (non-hydrogen) atoms. The molecule has 0 spiro atoms. The van der Waals surface area contributed by atoms with E-state index in [4.69, 9.17) is 11.6 Å². The summed E-state index contributed by atoms with van der Waals surface area (Å²) >= 11 is 0. The maximum absolute atomic E-state index is 5.76. The molecule has 1 aliphatic rings. The highest BCUT2D eigenvalue weighted by Crippen LogP contribution is 2.29. The molecule has 1 aromatic rings. The molecule has 0 saturated heterocycles. The van der Waals surface area contributed by atoms with E-state index < -0.39 is 0 Å². The first-order valence-corrected chi connectivity index (χ1v) is 3.83. The van der Waals surface area contributed by atoms with Crippen LogP contribution in [0.1, 0.15) is 5.56 Å². The molecule has 0 unspecified atom stereocenters.